The summed E-state index contributed by atoms with van der Waals surface area (Å²) in [7, 11) is 1.55. The van der Waals surface area contributed by atoms with Gasteiger partial charge in [-0.15, -0.1) is 0 Å². The second kappa shape index (κ2) is 8.19. The van der Waals surface area contributed by atoms with Crippen molar-refractivity contribution in [1.82, 2.24) is 0 Å². The van der Waals surface area contributed by atoms with Crippen molar-refractivity contribution in [3.05, 3.63) is 60.2 Å². The fourth-order valence-corrected chi connectivity index (χ4v) is 1.95. The number of hydrogen-bond acceptors (Lipinski definition) is 3. The van der Waals surface area contributed by atoms with Gasteiger partial charge < -0.3 is 15.4 Å². The summed E-state index contributed by atoms with van der Waals surface area (Å²) in [5.74, 6) is -1.87. The molecule has 2 N–H and O–H groups in total. The average molecular weight is 364 g/mol. The van der Waals surface area contributed by atoms with Gasteiger partial charge in [0.05, 0.1) is 7.11 Å². The number of amides is 2. The van der Waals surface area contributed by atoms with Gasteiger partial charge in [0, 0.05) is 17.5 Å². The predicted molar refractivity (Wildman–Crippen MR) is 91.8 cm³/mol. The normalized spacial score (nSPS) is 11.2. The Kier molecular flexibility index (Phi) is 6.00. The van der Waals surface area contributed by atoms with Crippen LogP contribution in [0.25, 0.3) is 6.08 Å². The number of nitrogens with one attached hydrogen (secondary N) is 2. The van der Waals surface area contributed by atoms with E-state index >= 15 is 0 Å². The van der Waals surface area contributed by atoms with Crippen LogP contribution in [0.2, 0.25) is 0 Å². The lowest BCUT2D eigenvalue weighted by Gasteiger charge is -2.09. The van der Waals surface area contributed by atoms with E-state index in [1.54, 1.807) is 42.8 Å². The maximum absolute atomic E-state index is 12.3. The van der Waals surface area contributed by atoms with Gasteiger partial charge in [-0.1, -0.05) is 18.2 Å². The van der Waals surface area contributed by atoms with Crippen molar-refractivity contribution in [2.75, 3.05) is 17.7 Å². The molecule has 8 heteroatoms. The molecule has 0 saturated heterocycles. The molecule has 0 heterocycles. The molecule has 5 nitrogen and oxygen atoms in total. The zero-order valence-corrected chi connectivity index (χ0v) is 13.6. The van der Waals surface area contributed by atoms with E-state index in [2.05, 4.69) is 5.32 Å². The quantitative estimate of drug-likeness (QED) is 0.792. The van der Waals surface area contributed by atoms with E-state index < -0.39 is 18.0 Å². The molecule has 0 aliphatic rings. The molecule has 0 radical (unpaired) electrons. The first-order chi connectivity index (χ1) is 12.3. The molecule has 0 spiro atoms. The lowest BCUT2D eigenvalue weighted by molar-refractivity contribution is -0.167. The Labute approximate surface area is 147 Å². The van der Waals surface area contributed by atoms with Gasteiger partial charge in [-0.05, 0) is 42.0 Å². The number of carbonyl (C=O) groups excluding carboxylic acids is 2. The van der Waals surface area contributed by atoms with Crippen LogP contribution >= 0.6 is 0 Å². The van der Waals surface area contributed by atoms with Gasteiger partial charge in [0.15, 0.2) is 0 Å². The number of benzene rings is 2. The molecule has 0 atom stereocenters. The smallest absolute Gasteiger partial charge is 0.471 e. The SMILES string of the molecule is COc1ccc(/C=C/C(=O)Nc2cccc(NC(=O)C(F)(F)F)c2)cc1. The highest BCUT2D eigenvalue weighted by Gasteiger charge is 2.38. The number of hydrogen-bond donors (Lipinski definition) is 2. The Morgan fingerprint density at radius 1 is 1.00 bits per heavy atom. The molecule has 0 saturated carbocycles. The number of carbonyl (C=O) groups is 2. The standard InChI is InChI=1S/C18H15F3N2O3/c1-26-15-8-5-12(6-9-15)7-10-16(24)22-13-3-2-4-14(11-13)23-17(25)18(19,20)21/h2-11H,1H3,(H,22,24)(H,23,25)/b10-7+. The summed E-state index contributed by atoms with van der Waals surface area (Å²) in [4.78, 5) is 22.8. The predicted octanol–water partition coefficient (Wildman–Crippen LogP) is 3.85. The largest absolute Gasteiger partial charge is 0.497 e. The maximum Gasteiger partial charge on any atom is 0.471 e. The van der Waals surface area contributed by atoms with Gasteiger partial charge in [-0.25, -0.2) is 0 Å². The minimum atomic E-state index is -4.99. The first-order valence-corrected chi connectivity index (χ1v) is 7.39. The van der Waals surface area contributed by atoms with Crippen LogP contribution in [-0.2, 0) is 9.59 Å². The molecule has 2 aromatic carbocycles. The highest BCUT2D eigenvalue weighted by Crippen LogP contribution is 2.20. The lowest BCUT2D eigenvalue weighted by atomic mass is 10.2. The van der Waals surface area contributed by atoms with E-state index in [4.69, 9.17) is 4.74 Å². The van der Waals surface area contributed by atoms with Crippen LogP contribution in [-0.4, -0.2) is 25.1 Å². The van der Waals surface area contributed by atoms with Crippen LogP contribution in [0.15, 0.2) is 54.6 Å². The number of halogens is 3. The summed E-state index contributed by atoms with van der Waals surface area (Å²) < 4.78 is 41.8. The van der Waals surface area contributed by atoms with Gasteiger partial charge in [0.1, 0.15) is 5.75 Å². The van der Waals surface area contributed by atoms with Crippen molar-refractivity contribution in [1.29, 1.82) is 0 Å². The summed E-state index contributed by atoms with van der Waals surface area (Å²) in [6.07, 6.45) is -2.13. The van der Waals surface area contributed by atoms with Crippen molar-refractivity contribution in [2.45, 2.75) is 6.18 Å². The molecule has 136 valence electrons. The van der Waals surface area contributed by atoms with E-state index in [0.29, 0.717) is 5.75 Å². The third-order valence-electron chi connectivity index (χ3n) is 3.19. The first kappa shape index (κ1) is 19.0. The fraction of sp³-hybridized carbons (Fsp3) is 0.111. The monoisotopic (exact) mass is 364 g/mol. The summed E-state index contributed by atoms with van der Waals surface area (Å²) >= 11 is 0. The molecule has 0 aliphatic heterocycles. The third-order valence-corrected chi connectivity index (χ3v) is 3.19. The maximum atomic E-state index is 12.3. The Morgan fingerprint density at radius 3 is 2.19 bits per heavy atom. The molecule has 26 heavy (non-hydrogen) atoms. The summed E-state index contributed by atoms with van der Waals surface area (Å²) in [5.41, 5.74) is 0.936. The molecule has 2 amide bonds. The van der Waals surface area contributed by atoms with Gasteiger partial charge in [0.25, 0.3) is 0 Å². The van der Waals surface area contributed by atoms with Crippen molar-refractivity contribution >= 4 is 29.3 Å². The fourth-order valence-electron chi connectivity index (χ4n) is 1.95. The highest BCUT2D eigenvalue weighted by atomic mass is 19.4. The molecular formula is C18H15F3N2O3. The Morgan fingerprint density at radius 2 is 1.62 bits per heavy atom. The molecule has 0 aromatic heterocycles. The highest BCUT2D eigenvalue weighted by molar-refractivity contribution is 6.02. The van der Waals surface area contributed by atoms with Gasteiger partial charge >= 0.3 is 12.1 Å². The van der Waals surface area contributed by atoms with Gasteiger partial charge in [-0.3, -0.25) is 9.59 Å². The third kappa shape index (κ3) is 5.66. The van der Waals surface area contributed by atoms with E-state index in [1.807, 2.05) is 0 Å². The first-order valence-electron chi connectivity index (χ1n) is 7.39. The number of rotatable bonds is 5. The van der Waals surface area contributed by atoms with Crippen LogP contribution in [0.4, 0.5) is 24.5 Å². The number of ether oxygens (including phenoxy) is 1. The number of anilines is 2. The Hall–Kier alpha value is -3.29. The van der Waals surface area contributed by atoms with Gasteiger partial charge in [0.2, 0.25) is 5.91 Å². The van der Waals surface area contributed by atoms with E-state index in [-0.39, 0.29) is 11.4 Å². The molecule has 2 rings (SSSR count). The van der Waals surface area contributed by atoms with Crippen molar-refractivity contribution < 1.29 is 27.5 Å². The van der Waals surface area contributed by atoms with Crippen LogP contribution < -0.4 is 15.4 Å². The van der Waals surface area contributed by atoms with Crippen LogP contribution in [0.1, 0.15) is 5.56 Å². The summed E-state index contributed by atoms with van der Waals surface area (Å²) in [6, 6.07) is 12.4. The topological polar surface area (TPSA) is 67.4 Å². The minimum Gasteiger partial charge on any atom is -0.497 e. The number of alkyl halides is 3. The molecular weight excluding hydrogens is 349 g/mol. The van der Waals surface area contributed by atoms with E-state index in [9.17, 15) is 22.8 Å². The zero-order valence-electron chi connectivity index (χ0n) is 13.6. The van der Waals surface area contributed by atoms with Crippen molar-refractivity contribution in [3.63, 3.8) is 0 Å². The zero-order chi connectivity index (χ0) is 19.2. The van der Waals surface area contributed by atoms with Crippen LogP contribution in [0.3, 0.4) is 0 Å². The van der Waals surface area contributed by atoms with Crippen molar-refractivity contribution in [3.8, 4) is 5.75 Å². The Bertz CT molecular complexity index is 815. The van der Waals surface area contributed by atoms with Crippen LogP contribution in [0, 0.1) is 0 Å². The molecule has 0 fully saturated rings. The van der Waals surface area contributed by atoms with E-state index in [0.717, 1.165) is 5.56 Å². The second-order valence-electron chi connectivity index (χ2n) is 5.13. The van der Waals surface area contributed by atoms with Crippen molar-refractivity contribution in [2.24, 2.45) is 0 Å². The van der Waals surface area contributed by atoms with E-state index in [1.165, 1.54) is 30.3 Å². The number of methoxy groups -OCH3 is 1. The molecule has 0 unspecified atom stereocenters. The van der Waals surface area contributed by atoms with Crippen LogP contribution in [0.5, 0.6) is 5.75 Å². The van der Waals surface area contributed by atoms with Gasteiger partial charge in [-0.2, -0.15) is 13.2 Å². The summed E-state index contributed by atoms with van der Waals surface area (Å²) in [5, 5.41) is 4.22. The molecule has 2 aromatic rings. The molecule has 0 aliphatic carbocycles. The minimum absolute atomic E-state index is 0.0794. The second-order valence-corrected chi connectivity index (χ2v) is 5.13. The molecule has 0 bridgehead atoms. The lowest BCUT2D eigenvalue weighted by Crippen LogP contribution is -2.29. The summed E-state index contributed by atoms with van der Waals surface area (Å²) in [6.45, 7) is 0. The Balaban J connectivity index is 1.99. The average Bonchev–Trinajstić information content (AvgIpc) is 2.60.